The largest absolute Gasteiger partial charge is 0.352 e. The lowest BCUT2D eigenvalue weighted by molar-refractivity contribution is 0.0952. The van der Waals surface area contributed by atoms with Gasteiger partial charge in [-0.25, -0.2) is 8.78 Å². The van der Waals surface area contributed by atoms with Crippen LogP contribution in [-0.2, 0) is 0 Å². The smallest absolute Gasteiger partial charge is 0.251 e. The zero-order chi connectivity index (χ0) is 12.8. The first-order chi connectivity index (χ1) is 8.10. The van der Waals surface area contributed by atoms with Gasteiger partial charge in [0.1, 0.15) is 5.69 Å². The van der Waals surface area contributed by atoms with E-state index in [9.17, 15) is 13.6 Å². The van der Waals surface area contributed by atoms with Crippen LogP contribution >= 0.6 is 0 Å². The molecule has 0 spiro atoms. The molecule has 1 amide bonds. The minimum Gasteiger partial charge on any atom is -0.352 e. The van der Waals surface area contributed by atoms with Crippen molar-refractivity contribution in [1.82, 2.24) is 5.32 Å². The van der Waals surface area contributed by atoms with E-state index in [1.54, 1.807) is 0 Å². The molecule has 4 N–H and O–H groups in total. The summed E-state index contributed by atoms with van der Waals surface area (Å²) in [7, 11) is 0. The molecule has 1 aromatic carbocycles. The van der Waals surface area contributed by atoms with Crippen molar-refractivity contribution in [3.05, 3.63) is 29.3 Å². The molecule has 0 bridgehead atoms. The van der Waals surface area contributed by atoms with Gasteiger partial charge in [-0.1, -0.05) is 13.3 Å². The number of hydrogen-bond acceptors (Lipinski definition) is 3. The first-order valence-electron chi connectivity index (χ1n) is 5.34. The molecule has 0 aliphatic rings. The molecule has 0 saturated heterocycles. The van der Waals surface area contributed by atoms with Crippen LogP contribution in [0.2, 0.25) is 0 Å². The highest BCUT2D eigenvalue weighted by Gasteiger charge is 2.13. The lowest BCUT2D eigenvalue weighted by Gasteiger charge is -2.08. The first kappa shape index (κ1) is 13.4. The van der Waals surface area contributed by atoms with Gasteiger partial charge in [0.2, 0.25) is 0 Å². The maximum Gasteiger partial charge on any atom is 0.251 e. The van der Waals surface area contributed by atoms with Crippen molar-refractivity contribution in [2.75, 3.05) is 12.0 Å². The Hall–Kier alpha value is -1.69. The van der Waals surface area contributed by atoms with Gasteiger partial charge in [-0.3, -0.25) is 10.6 Å². The van der Waals surface area contributed by atoms with Crippen LogP contribution in [-0.4, -0.2) is 12.5 Å². The summed E-state index contributed by atoms with van der Waals surface area (Å²) in [4.78, 5) is 11.5. The van der Waals surface area contributed by atoms with Crippen molar-refractivity contribution in [2.24, 2.45) is 5.84 Å². The molecule has 0 aromatic heterocycles. The number of hydrogen-bond donors (Lipinski definition) is 3. The lowest BCUT2D eigenvalue weighted by Crippen LogP contribution is -2.25. The number of amides is 1. The van der Waals surface area contributed by atoms with Crippen molar-refractivity contribution in [2.45, 2.75) is 19.8 Å². The summed E-state index contributed by atoms with van der Waals surface area (Å²) < 4.78 is 26.6. The van der Waals surface area contributed by atoms with Crippen molar-refractivity contribution in [1.29, 1.82) is 0 Å². The average Bonchev–Trinajstić information content (AvgIpc) is 2.28. The average molecular weight is 243 g/mol. The monoisotopic (exact) mass is 243 g/mol. The third-order valence-electron chi connectivity index (χ3n) is 2.26. The molecule has 4 nitrogen and oxygen atoms in total. The molecular formula is C11H15F2N3O. The summed E-state index contributed by atoms with van der Waals surface area (Å²) in [6.45, 7) is 2.46. The van der Waals surface area contributed by atoms with E-state index in [4.69, 9.17) is 5.84 Å². The van der Waals surface area contributed by atoms with Crippen molar-refractivity contribution in [3.63, 3.8) is 0 Å². The fraction of sp³-hybridized carbons (Fsp3) is 0.364. The normalized spacial score (nSPS) is 10.1. The SMILES string of the molecule is CCCCNC(=O)c1cc(F)c(NN)c(F)c1. The topological polar surface area (TPSA) is 67.2 Å². The molecule has 0 fully saturated rings. The van der Waals surface area contributed by atoms with Crippen molar-refractivity contribution < 1.29 is 13.6 Å². The number of halogens is 2. The summed E-state index contributed by atoms with van der Waals surface area (Å²) in [6, 6.07) is 1.89. The van der Waals surface area contributed by atoms with E-state index in [0.29, 0.717) is 6.54 Å². The second-order valence-corrected chi connectivity index (χ2v) is 3.57. The van der Waals surface area contributed by atoms with Crippen molar-refractivity contribution in [3.8, 4) is 0 Å². The first-order valence-corrected chi connectivity index (χ1v) is 5.34. The van der Waals surface area contributed by atoms with Gasteiger partial charge in [-0.05, 0) is 18.6 Å². The van der Waals surface area contributed by atoms with Crippen LogP contribution in [0.25, 0.3) is 0 Å². The number of hydrazine groups is 1. The van der Waals surface area contributed by atoms with Gasteiger partial charge in [0, 0.05) is 12.1 Å². The van der Waals surface area contributed by atoms with Crippen LogP contribution < -0.4 is 16.6 Å². The summed E-state index contributed by atoms with van der Waals surface area (Å²) in [5.74, 6) is 2.65. The molecule has 0 atom stereocenters. The fourth-order valence-corrected chi connectivity index (χ4v) is 1.32. The Morgan fingerprint density at radius 2 is 1.94 bits per heavy atom. The minimum atomic E-state index is -0.895. The Bertz CT molecular complexity index is 387. The van der Waals surface area contributed by atoms with Gasteiger partial charge in [0.05, 0.1) is 0 Å². The highest BCUT2D eigenvalue weighted by atomic mass is 19.1. The maximum absolute atomic E-state index is 13.3. The number of anilines is 1. The lowest BCUT2D eigenvalue weighted by atomic mass is 10.1. The van der Waals surface area contributed by atoms with Crippen LogP contribution in [0.5, 0.6) is 0 Å². The molecule has 0 unspecified atom stereocenters. The molecule has 6 heteroatoms. The van der Waals surface area contributed by atoms with Crippen LogP contribution in [0.3, 0.4) is 0 Å². The van der Waals surface area contributed by atoms with Crippen molar-refractivity contribution >= 4 is 11.6 Å². The van der Waals surface area contributed by atoms with E-state index in [0.717, 1.165) is 25.0 Å². The zero-order valence-electron chi connectivity index (χ0n) is 9.52. The highest BCUT2D eigenvalue weighted by Crippen LogP contribution is 2.19. The zero-order valence-corrected chi connectivity index (χ0v) is 9.52. The number of nitrogens with one attached hydrogen (secondary N) is 2. The van der Waals surface area contributed by atoms with E-state index in [1.807, 2.05) is 12.3 Å². The Kier molecular flexibility index (Phi) is 4.84. The van der Waals surface area contributed by atoms with Gasteiger partial charge < -0.3 is 10.7 Å². The highest BCUT2D eigenvalue weighted by molar-refractivity contribution is 5.94. The molecule has 0 heterocycles. The van der Waals surface area contributed by atoms with Gasteiger partial charge in [0.15, 0.2) is 11.6 Å². The molecule has 1 rings (SSSR count). The summed E-state index contributed by atoms with van der Waals surface area (Å²) in [5, 5.41) is 2.57. The number of carbonyl (C=O) groups excluding carboxylic acids is 1. The van der Waals surface area contributed by atoms with E-state index in [2.05, 4.69) is 5.32 Å². The number of nitrogen functional groups attached to an aromatic ring is 1. The molecular weight excluding hydrogens is 228 g/mol. The van der Waals surface area contributed by atoms with Crippen LogP contribution in [0.1, 0.15) is 30.1 Å². The Morgan fingerprint density at radius 3 is 2.41 bits per heavy atom. The van der Waals surface area contributed by atoms with Crippen LogP contribution in [0.4, 0.5) is 14.5 Å². The summed E-state index contributed by atoms with van der Waals surface area (Å²) in [6.07, 6.45) is 1.75. The molecule has 17 heavy (non-hydrogen) atoms. The molecule has 0 radical (unpaired) electrons. The predicted molar refractivity (Wildman–Crippen MR) is 61.4 cm³/mol. The van der Waals surface area contributed by atoms with Gasteiger partial charge in [-0.15, -0.1) is 0 Å². The molecule has 0 aliphatic heterocycles. The second-order valence-electron chi connectivity index (χ2n) is 3.57. The van der Waals surface area contributed by atoms with Crippen LogP contribution in [0.15, 0.2) is 12.1 Å². The minimum absolute atomic E-state index is 0.0601. The third-order valence-corrected chi connectivity index (χ3v) is 2.26. The number of unbranched alkanes of at least 4 members (excludes halogenated alkanes) is 1. The fourth-order valence-electron chi connectivity index (χ4n) is 1.32. The van der Waals surface area contributed by atoms with Gasteiger partial charge in [-0.2, -0.15) is 0 Å². The Morgan fingerprint density at radius 1 is 1.35 bits per heavy atom. The number of rotatable bonds is 5. The van der Waals surface area contributed by atoms with E-state index >= 15 is 0 Å². The quantitative estimate of drug-likeness (QED) is 0.419. The van der Waals surface area contributed by atoms with Crippen LogP contribution in [0, 0.1) is 11.6 Å². The van der Waals surface area contributed by atoms with Gasteiger partial charge >= 0.3 is 0 Å². The molecule has 0 saturated carbocycles. The van der Waals surface area contributed by atoms with E-state index in [-0.39, 0.29) is 5.56 Å². The maximum atomic E-state index is 13.3. The molecule has 0 aliphatic carbocycles. The standard InChI is InChI=1S/C11H15F2N3O/c1-2-3-4-15-11(17)7-5-8(12)10(16-14)9(13)6-7/h5-6,16H,2-4,14H2,1H3,(H,15,17). The predicted octanol–water partition coefficient (Wildman–Crippen LogP) is 1.78. The second kappa shape index (κ2) is 6.15. The van der Waals surface area contributed by atoms with E-state index < -0.39 is 23.2 Å². The number of carbonyl (C=O) groups is 1. The summed E-state index contributed by atoms with van der Waals surface area (Å²) in [5.41, 5.74) is 1.39. The number of nitrogens with two attached hydrogens (primary N) is 1. The Balaban J connectivity index is 2.81. The molecule has 1 aromatic rings. The Labute approximate surface area is 98.2 Å². The molecule has 94 valence electrons. The van der Waals surface area contributed by atoms with Gasteiger partial charge in [0.25, 0.3) is 5.91 Å². The number of benzene rings is 1. The summed E-state index contributed by atoms with van der Waals surface area (Å²) >= 11 is 0. The third kappa shape index (κ3) is 3.39. The van der Waals surface area contributed by atoms with E-state index in [1.165, 1.54) is 0 Å².